The van der Waals surface area contributed by atoms with Crippen LogP contribution in [0.2, 0.25) is 0 Å². The highest BCUT2D eigenvalue weighted by Crippen LogP contribution is 2.19. The summed E-state index contributed by atoms with van der Waals surface area (Å²) in [5, 5.41) is 11.1. The Labute approximate surface area is 117 Å². The number of aliphatic hydroxyl groups excluding tert-OH is 1. The molecule has 1 atom stereocenters. The van der Waals surface area contributed by atoms with Crippen molar-refractivity contribution in [2.24, 2.45) is 0 Å². The average Bonchev–Trinajstić information content (AvgIpc) is 2.37. The van der Waals surface area contributed by atoms with Crippen molar-refractivity contribution in [1.82, 2.24) is 5.32 Å². The summed E-state index contributed by atoms with van der Waals surface area (Å²) in [6, 6.07) is -0.526. The average molecular weight is 311 g/mol. The van der Waals surface area contributed by atoms with Gasteiger partial charge >= 0.3 is 0 Å². The van der Waals surface area contributed by atoms with Crippen molar-refractivity contribution < 1.29 is 27.5 Å². The predicted octanol–water partition coefficient (Wildman–Crippen LogP) is 2.09. The molecule has 0 aliphatic heterocycles. The number of rotatable bonds is 6. The van der Waals surface area contributed by atoms with Gasteiger partial charge in [0.05, 0.1) is 0 Å². The number of hydrogen-bond donors (Lipinski definition) is 2. The standard InChI is InChI=1S/C12H13F4NO2S/c1-20-5-6(2-3-18)17-12(19)9-10(15)7(13)4-8(14)11(9)16/h4,6,18H,2-3,5H2,1H3,(H,17,19)/t6-/m0/s1. The minimum atomic E-state index is -1.74. The summed E-state index contributed by atoms with van der Waals surface area (Å²) in [6.07, 6.45) is 1.90. The first kappa shape index (κ1) is 16.8. The molecule has 2 N–H and O–H groups in total. The number of halogens is 4. The summed E-state index contributed by atoms with van der Waals surface area (Å²) >= 11 is 1.34. The smallest absolute Gasteiger partial charge is 0.257 e. The van der Waals surface area contributed by atoms with Gasteiger partial charge in [-0.2, -0.15) is 11.8 Å². The maximum atomic E-state index is 13.4. The number of benzene rings is 1. The predicted molar refractivity (Wildman–Crippen MR) is 67.6 cm³/mol. The molecule has 0 aliphatic carbocycles. The second-order valence-corrected chi connectivity index (χ2v) is 4.89. The van der Waals surface area contributed by atoms with Crippen LogP contribution in [0.4, 0.5) is 17.6 Å². The van der Waals surface area contributed by atoms with Crippen molar-refractivity contribution in [1.29, 1.82) is 0 Å². The van der Waals surface area contributed by atoms with Crippen LogP contribution in [0.25, 0.3) is 0 Å². The van der Waals surface area contributed by atoms with E-state index < -0.39 is 40.8 Å². The molecule has 0 bridgehead atoms. The molecule has 8 heteroatoms. The SMILES string of the molecule is CSC[C@H](CCO)NC(=O)c1c(F)c(F)cc(F)c1F. The molecule has 0 saturated carbocycles. The highest BCUT2D eigenvalue weighted by atomic mass is 32.2. The van der Waals surface area contributed by atoms with Gasteiger partial charge in [0.2, 0.25) is 0 Å². The van der Waals surface area contributed by atoms with Gasteiger partial charge < -0.3 is 10.4 Å². The van der Waals surface area contributed by atoms with E-state index in [1.54, 1.807) is 6.26 Å². The fourth-order valence-corrected chi connectivity index (χ4v) is 2.24. The summed E-state index contributed by atoms with van der Waals surface area (Å²) in [5.41, 5.74) is -1.30. The second-order valence-electron chi connectivity index (χ2n) is 3.98. The summed E-state index contributed by atoms with van der Waals surface area (Å²) in [7, 11) is 0. The van der Waals surface area contributed by atoms with Gasteiger partial charge in [-0.15, -0.1) is 0 Å². The highest BCUT2D eigenvalue weighted by molar-refractivity contribution is 7.98. The first-order valence-electron chi connectivity index (χ1n) is 5.66. The van der Waals surface area contributed by atoms with Crippen molar-refractivity contribution in [2.75, 3.05) is 18.6 Å². The third-order valence-corrected chi connectivity index (χ3v) is 3.26. The number of nitrogens with one attached hydrogen (secondary N) is 1. The summed E-state index contributed by atoms with van der Waals surface area (Å²) in [6.45, 7) is -0.242. The van der Waals surface area contributed by atoms with Crippen LogP contribution in [0.15, 0.2) is 6.07 Å². The van der Waals surface area contributed by atoms with Crippen molar-refractivity contribution in [3.05, 3.63) is 34.9 Å². The number of aliphatic hydroxyl groups is 1. The van der Waals surface area contributed by atoms with Crippen LogP contribution >= 0.6 is 11.8 Å². The number of hydrogen-bond acceptors (Lipinski definition) is 3. The molecule has 1 amide bonds. The van der Waals surface area contributed by atoms with Gasteiger partial charge in [-0.1, -0.05) is 0 Å². The van der Waals surface area contributed by atoms with Gasteiger partial charge in [-0.3, -0.25) is 4.79 Å². The van der Waals surface area contributed by atoms with E-state index in [2.05, 4.69) is 5.32 Å². The lowest BCUT2D eigenvalue weighted by Gasteiger charge is -2.17. The minimum absolute atomic E-state index is 0.0363. The molecule has 1 rings (SSSR count). The Hall–Kier alpha value is -1.28. The van der Waals surface area contributed by atoms with Crippen LogP contribution in [0.5, 0.6) is 0 Å². The zero-order valence-corrected chi connectivity index (χ0v) is 11.4. The normalized spacial score (nSPS) is 12.3. The van der Waals surface area contributed by atoms with Crippen LogP contribution in [-0.2, 0) is 0 Å². The first-order chi connectivity index (χ1) is 9.42. The Morgan fingerprint density at radius 1 is 1.30 bits per heavy atom. The van der Waals surface area contributed by atoms with E-state index in [4.69, 9.17) is 5.11 Å². The van der Waals surface area contributed by atoms with E-state index in [0.717, 1.165) is 0 Å². The Bertz CT molecular complexity index is 467. The lowest BCUT2D eigenvalue weighted by atomic mass is 10.1. The van der Waals surface area contributed by atoms with Gasteiger partial charge in [0.15, 0.2) is 23.3 Å². The summed E-state index contributed by atoms with van der Waals surface area (Å²) in [4.78, 5) is 11.7. The van der Waals surface area contributed by atoms with Crippen LogP contribution in [0.3, 0.4) is 0 Å². The highest BCUT2D eigenvalue weighted by Gasteiger charge is 2.26. The fraction of sp³-hybridized carbons (Fsp3) is 0.417. The maximum Gasteiger partial charge on any atom is 0.257 e. The Kier molecular flexibility index (Phi) is 6.28. The molecule has 1 aromatic carbocycles. The molecule has 1 aromatic rings. The zero-order valence-electron chi connectivity index (χ0n) is 10.6. The molecule has 20 heavy (non-hydrogen) atoms. The largest absolute Gasteiger partial charge is 0.396 e. The number of carbonyl (C=O) groups is 1. The first-order valence-corrected chi connectivity index (χ1v) is 7.05. The third-order valence-electron chi connectivity index (χ3n) is 2.52. The van der Waals surface area contributed by atoms with Gasteiger partial charge in [0.1, 0.15) is 5.56 Å². The fourth-order valence-electron chi connectivity index (χ4n) is 1.58. The lowest BCUT2D eigenvalue weighted by molar-refractivity contribution is 0.0924. The summed E-state index contributed by atoms with van der Waals surface area (Å²) in [5.74, 6) is -7.64. The second kappa shape index (κ2) is 7.49. The van der Waals surface area contributed by atoms with Crippen LogP contribution in [0.1, 0.15) is 16.8 Å². The monoisotopic (exact) mass is 311 g/mol. The lowest BCUT2D eigenvalue weighted by Crippen LogP contribution is -2.38. The van der Waals surface area contributed by atoms with Crippen LogP contribution in [-0.4, -0.2) is 35.7 Å². The molecule has 0 spiro atoms. The van der Waals surface area contributed by atoms with E-state index in [1.807, 2.05) is 0 Å². The van der Waals surface area contributed by atoms with E-state index in [9.17, 15) is 22.4 Å². The number of amides is 1. The zero-order chi connectivity index (χ0) is 15.3. The Balaban J connectivity index is 3.02. The molecule has 0 unspecified atom stereocenters. The maximum absolute atomic E-state index is 13.4. The molecule has 0 aliphatic rings. The molecule has 0 aromatic heterocycles. The molecule has 112 valence electrons. The molecular weight excluding hydrogens is 298 g/mol. The van der Waals surface area contributed by atoms with Crippen LogP contribution in [0, 0.1) is 23.3 Å². The molecule has 3 nitrogen and oxygen atoms in total. The number of carbonyl (C=O) groups excluding carboxylic acids is 1. The molecule has 0 heterocycles. The topological polar surface area (TPSA) is 49.3 Å². The van der Waals surface area contributed by atoms with E-state index in [1.165, 1.54) is 11.8 Å². The molecule has 0 saturated heterocycles. The van der Waals surface area contributed by atoms with Gasteiger partial charge in [0, 0.05) is 24.5 Å². The van der Waals surface area contributed by atoms with Gasteiger partial charge in [-0.05, 0) is 12.7 Å². The van der Waals surface area contributed by atoms with Crippen LogP contribution < -0.4 is 5.32 Å². The Morgan fingerprint density at radius 3 is 2.30 bits per heavy atom. The summed E-state index contributed by atoms with van der Waals surface area (Å²) < 4.78 is 52.9. The van der Waals surface area contributed by atoms with E-state index in [0.29, 0.717) is 5.75 Å². The molecular formula is C12H13F4NO2S. The molecule has 0 fully saturated rings. The third kappa shape index (κ3) is 3.86. The van der Waals surface area contributed by atoms with Crippen molar-refractivity contribution in [2.45, 2.75) is 12.5 Å². The van der Waals surface area contributed by atoms with E-state index in [-0.39, 0.29) is 19.1 Å². The minimum Gasteiger partial charge on any atom is -0.396 e. The quantitative estimate of drug-likeness (QED) is 0.625. The Morgan fingerprint density at radius 2 is 1.85 bits per heavy atom. The van der Waals surface area contributed by atoms with Crippen molar-refractivity contribution >= 4 is 17.7 Å². The van der Waals surface area contributed by atoms with Crippen molar-refractivity contribution in [3.63, 3.8) is 0 Å². The van der Waals surface area contributed by atoms with Gasteiger partial charge in [0.25, 0.3) is 5.91 Å². The van der Waals surface area contributed by atoms with E-state index >= 15 is 0 Å². The van der Waals surface area contributed by atoms with Gasteiger partial charge in [-0.25, -0.2) is 17.6 Å². The van der Waals surface area contributed by atoms with Crippen molar-refractivity contribution in [3.8, 4) is 0 Å². The molecule has 0 radical (unpaired) electrons. The number of thioether (sulfide) groups is 1.